The van der Waals surface area contributed by atoms with Crippen LogP contribution in [-0.2, 0) is 6.42 Å². The van der Waals surface area contributed by atoms with Crippen molar-refractivity contribution in [2.75, 3.05) is 7.11 Å². The Labute approximate surface area is 104 Å². The normalized spacial score (nSPS) is 17.2. The van der Waals surface area contributed by atoms with Crippen LogP contribution in [0.1, 0.15) is 24.8 Å². The number of benzene rings is 1. The maximum Gasteiger partial charge on any atom is 0.168 e. The SMILES string of the molecule is COc1cccc(CCC(Br)C2CC2)c1F. The molecule has 0 saturated heterocycles. The monoisotopic (exact) mass is 286 g/mol. The highest BCUT2D eigenvalue weighted by molar-refractivity contribution is 9.09. The van der Waals surface area contributed by atoms with E-state index in [1.54, 1.807) is 6.07 Å². The smallest absolute Gasteiger partial charge is 0.168 e. The van der Waals surface area contributed by atoms with E-state index < -0.39 is 0 Å². The summed E-state index contributed by atoms with van der Waals surface area (Å²) < 4.78 is 18.8. The van der Waals surface area contributed by atoms with E-state index in [1.165, 1.54) is 20.0 Å². The number of aryl methyl sites for hydroxylation is 1. The van der Waals surface area contributed by atoms with Crippen LogP contribution < -0.4 is 4.74 Å². The van der Waals surface area contributed by atoms with E-state index in [-0.39, 0.29) is 5.82 Å². The molecule has 1 aliphatic carbocycles. The van der Waals surface area contributed by atoms with Gasteiger partial charge in [0, 0.05) is 4.83 Å². The second-order valence-corrected chi connectivity index (χ2v) is 5.50. The molecule has 1 saturated carbocycles. The van der Waals surface area contributed by atoms with Gasteiger partial charge in [-0.25, -0.2) is 4.39 Å². The number of methoxy groups -OCH3 is 1. The lowest BCUT2D eigenvalue weighted by atomic mass is 10.1. The fourth-order valence-corrected chi connectivity index (χ4v) is 2.65. The van der Waals surface area contributed by atoms with Crippen molar-refractivity contribution in [3.05, 3.63) is 29.6 Å². The van der Waals surface area contributed by atoms with Crippen molar-refractivity contribution in [3.63, 3.8) is 0 Å². The molecule has 0 bridgehead atoms. The zero-order chi connectivity index (χ0) is 11.5. The first kappa shape index (κ1) is 11.9. The third-order valence-corrected chi connectivity index (χ3v) is 4.29. The summed E-state index contributed by atoms with van der Waals surface area (Å²) in [7, 11) is 1.50. The predicted molar refractivity (Wildman–Crippen MR) is 66.7 cm³/mol. The minimum absolute atomic E-state index is 0.208. The average molecular weight is 287 g/mol. The van der Waals surface area contributed by atoms with Crippen LogP contribution in [0.25, 0.3) is 0 Å². The van der Waals surface area contributed by atoms with Crippen LogP contribution >= 0.6 is 15.9 Å². The largest absolute Gasteiger partial charge is 0.494 e. The molecule has 0 radical (unpaired) electrons. The van der Waals surface area contributed by atoms with Crippen LogP contribution in [0.3, 0.4) is 0 Å². The first-order valence-corrected chi connectivity index (χ1v) is 6.59. The quantitative estimate of drug-likeness (QED) is 0.745. The number of hydrogen-bond donors (Lipinski definition) is 0. The number of halogens is 2. The van der Waals surface area contributed by atoms with E-state index in [4.69, 9.17) is 4.74 Å². The Kier molecular flexibility index (Phi) is 3.85. The van der Waals surface area contributed by atoms with Crippen molar-refractivity contribution < 1.29 is 9.13 Å². The van der Waals surface area contributed by atoms with Gasteiger partial charge in [0.15, 0.2) is 11.6 Å². The number of rotatable bonds is 5. The molecule has 1 aromatic rings. The molecule has 1 aliphatic rings. The highest BCUT2D eigenvalue weighted by Crippen LogP contribution is 2.38. The van der Waals surface area contributed by atoms with Gasteiger partial charge in [0.25, 0.3) is 0 Å². The number of hydrogen-bond acceptors (Lipinski definition) is 1. The van der Waals surface area contributed by atoms with Crippen molar-refractivity contribution in [1.29, 1.82) is 0 Å². The van der Waals surface area contributed by atoms with E-state index in [0.29, 0.717) is 10.6 Å². The molecule has 1 fully saturated rings. The summed E-state index contributed by atoms with van der Waals surface area (Å²) in [6.45, 7) is 0. The van der Waals surface area contributed by atoms with Gasteiger partial charge in [-0.15, -0.1) is 0 Å². The Bertz CT molecular complexity index is 363. The molecule has 0 amide bonds. The fourth-order valence-electron chi connectivity index (χ4n) is 1.89. The second kappa shape index (κ2) is 5.17. The zero-order valence-corrected chi connectivity index (χ0v) is 11.0. The van der Waals surface area contributed by atoms with Crippen LogP contribution in [0.15, 0.2) is 18.2 Å². The van der Waals surface area contributed by atoms with Gasteiger partial charge in [-0.2, -0.15) is 0 Å². The predicted octanol–water partition coefficient (Wildman–Crippen LogP) is 3.94. The Morgan fingerprint density at radius 2 is 2.25 bits per heavy atom. The Hall–Kier alpha value is -0.570. The Morgan fingerprint density at radius 1 is 1.50 bits per heavy atom. The highest BCUT2D eigenvalue weighted by atomic mass is 79.9. The van der Waals surface area contributed by atoms with Crippen molar-refractivity contribution in [2.45, 2.75) is 30.5 Å². The molecule has 1 nitrogen and oxygen atoms in total. The maximum absolute atomic E-state index is 13.8. The molecule has 1 aromatic carbocycles. The summed E-state index contributed by atoms with van der Waals surface area (Å²) in [5.41, 5.74) is 0.754. The standard InChI is InChI=1S/C13H16BrFO/c1-16-12-4-2-3-10(13(12)15)7-8-11(14)9-5-6-9/h2-4,9,11H,5-8H2,1H3. The van der Waals surface area contributed by atoms with E-state index in [2.05, 4.69) is 15.9 Å². The van der Waals surface area contributed by atoms with Crippen molar-refractivity contribution in [1.82, 2.24) is 0 Å². The zero-order valence-electron chi connectivity index (χ0n) is 9.38. The first-order chi connectivity index (χ1) is 7.72. The minimum atomic E-state index is -0.208. The van der Waals surface area contributed by atoms with E-state index in [0.717, 1.165) is 24.3 Å². The van der Waals surface area contributed by atoms with Crippen LogP contribution in [0, 0.1) is 11.7 Å². The topological polar surface area (TPSA) is 9.23 Å². The molecule has 88 valence electrons. The molecule has 0 N–H and O–H groups in total. The molecule has 3 heteroatoms. The van der Waals surface area contributed by atoms with Gasteiger partial charge >= 0.3 is 0 Å². The van der Waals surface area contributed by atoms with Gasteiger partial charge in [-0.3, -0.25) is 0 Å². The summed E-state index contributed by atoms with van der Waals surface area (Å²) in [6, 6.07) is 5.34. The van der Waals surface area contributed by atoms with Gasteiger partial charge < -0.3 is 4.74 Å². The molecule has 0 heterocycles. The van der Waals surface area contributed by atoms with Gasteiger partial charge in [0.2, 0.25) is 0 Å². The summed E-state index contributed by atoms with van der Waals surface area (Å²) in [4.78, 5) is 0.540. The molecule has 0 aromatic heterocycles. The van der Waals surface area contributed by atoms with Crippen LogP contribution in [-0.4, -0.2) is 11.9 Å². The molecular weight excluding hydrogens is 271 g/mol. The highest BCUT2D eigenvalue weighted by Gasteiger charge is 2.28. The van der Waals surface area contributed by atoms with Crippen LogP contribution in [0.4, 0.5) is 4.39 Å². The van der Waals surface area contributed by atoms with E-state index in [9.17, 15) is 4.39 Å². The van der Waals surface area contributed by atoms with Gasteiger partial charge in [-0.1, -0.05) is 28.1 Å². The number of ether oxygens (including phenoxy) is 1. The van der Waals surface area contributed by atoms with E-state index >= 15 is 0 Å². The average Bonchev–Trinajstić information content (AvgIpc) is 3.11. The van der Waals surface area contributed by atoms with Gasteiger partial charge in [-0.05, 0) is 43.2 Å². The summed E-state index contributed by atoms with van der Waals surface area (Å²) in [5.74, 6) is 0.948. The van der Waals surface area contributed by atoms with Crippen molar-refractivity contribution >= 4 is 15.9 Å². The number of alkyl halides is 1. The Balaban J connectivity index is 1.97. The molecule has 1 atom stereocenters. The third-order valence-electron chi connectivity index (χ3n) is 3.09. The Morgan fingerprint density at radius 3 is 2.88 bits per heavy atom. The lowest BCUT2D eigenvalue weighted by molar-refractivity contribution is 0.384. The molecule has 0 aliphatic heterocycles. The summed E-state index contributed by atoms with van der Waals surface area (Å²) >= 11 is 3.67. The lowest BCUT2D eigenvalue weighted by Crippen LogP contribution is -2.04. The van der Waals surface area contributed by atoms with Gasteiger partial charge in [0.05, 0.1) is 7.11 Å². The molecule has 16 heavy (non-hydrogen) atoms. The first-order valence-electron chi connectivity index (χ1n) is 5.68. The molecule has 2 rings (SSSR count). The molecule has 1 unspecified atom stereocenters. The lowest BCUT2D eigenvalue weighted by Gasteiger charge is -2.10. The third kappa shape index (κ3) is 2.76. The van der Waals surface area contributed by atoms with Crippen LogP contribution in [0.2, 0.25) is 0 Å². The van der Waals surface area contributed by atoms with E-state index in [1.807, 2.05) is 12.1 Å². The van der Waals surface area contributed by atoms with Crippen molar-refractivity contribution in [2.24, 2.45) is 5.92 Å². The maximum atomic E-state index is 13.8. The molecular formula is C13H16BrFO. The summed E-state index contributed by atoms with van der Waals surface area (Å²) in [6.07, 6.45) is 4.40. The molecule has 0 spiro atoms. The minimum Gasteiger partial charge on any atom is -0.494 e. The fraction of sp³-hybridized carbons (Fsp3) is 0.538. The van der Waals surface area contributed by atoms with Gasteiger partial charge in [0.1, 0.15) is 0 Å². The van der Waals surface area contributed by atoms with Crippen LogP contribution in [0.5, 0.6) is 5.75 Å². The van der Waals surface area contributed by atoms with Crippen molar-refractivity contribution in [3.8, 4) is 5.75 Å². The summed E-state index contributed by atoms with van der Waals surface area (Å²) in [5, 5.41) is 0. The second-order valence-electron chi connectivity index (χ2n) is 4.33.